The van der Waals surface area contributed by atoms with Crippen LogP contribution in [0.1, 0.15) is 28.1 Å². The number of benzene rings is 2. The molecule has 174 valence electrons. The summed E-state index contributed by atoms with van der Waals surface area (Å²) in [7, 11) is -3.66. The minimum atomic E-state index is -3.66. The molecule has 0 unspecified atom stereocenters. The van der Waals surface area contributed by atoms with Crippen molar-refractivity contribution in [2.24, 2.45) is 0 Å². The Hall–Kier alpha value is -3.98. The van der Waals surface area contributed by atoms with Gasteiger partial charge < -0.3 is 4.74 Å². The average Bonchev–Trinajstić information content (AvgIpc) is 3.07. The molecule has 2 aromatic carbocycles. The normalized spacial score (nSPS) is 11.6. The minimum absolute atomic E-state index is 0.351. The quantitative estimate of drug-likeness (QED) is 0.399. The van der Waals surface area contributed by atoms with Gasteiger partial charge in [-0.1, -0.05) is 29.8 Å². The molecule has 0 fully saturated rings. The van der Waals surface area contributed by atoms with Gasteiger partial charge in [-0.2, -0.15) is 5.10 Å². The summed E-state index contributed by atoms with van der Waals surface area (Å²) < 4.78 is 34.9. The third-order valence-electron chi connectivity index (χ3n) is 5.35. The first-order valence-electron chi connectivity index (χ1n) is 10.6. The second-order valence-electron chi connectivity index (χ2n) is 7.91. The first kappa shape index (κ1) is 23.2. The highest BCUT2D eigenvalue weighted by atomic mass is 32.2. The lowest BCUT2D eigenvalue weighted by molar-refractivity contribution is 0.460. The fourth-order valence-corrected chi connectivity index (χ4v) is 4.07. The van der Waals surface area contributed by atoms with Gasteiger partial charge in [0.05, 0.1) is 11.1 Å². The van der Waals surface area contributed by atoms with Crippen molar-refractivity contribution in [3.63, 3.8) is 0 Å². The van der Waals surface area contributed by atoms with E-state index >= 15 is 0 Å². The predicted octanol–water partition coefficient (Wildman–Crippen LogP) is 5.10. The molecule has 0 saturated carbocycles. The summed E-state index contributed by atoms with van der Waals surface area (Å²) in [5.74, 6) is 1.46. The van der Waals surface area contributed by atoms with Gasteiger partial charge in [0.25, 0.3) is 10.0 Å². The molecule has 2 heterocycles. The van der Waals surface area contributed by atoms with Crippen LogP contribution in [0, 0.1) is 27.7 Å². The molecule has 4 aromatic rings. The molecule has 0 bridgehead atoms. The summed E-state index contributed by atoms with van der Waals surface area (Å²) in [6.45, 7) is 7.92. The molecule has 1 N–H and O–H groups in total. The third-order valence-corrected chi connectivity index (χ3v) is 6.37. The monoisotopic (exact) mass is 475 g/mol. The summed E-state index contributed by atoms with van der Waals surface area (Å²) in [4.78, 5) is 8.46. The second-order valence-corrected chi connectivity index (χ2v) is 9.48. The standard InChI is InChI=1S/C25H25N5O3S/c1-17-5-7-21(8-6-17)13-14-34(31,32)29-22-9-11-23(12-10-22)33-25-15-24(26-16-27-25)30-20(4)18(2)19(3)28-30/h5-16,29H,1-4H3/b14-13+. The van der Waals surface area contributed by atoms with Crippen LogP contribution in [0.2, 0.25) is 0 Å². The van der Waals surface area contributed by atoms with Crippen molar-refractivity contribution >= 4 is 21.8 Å². The summed E-state index contributed by atoms with van der Waals surface area (Å²) in [5, 5.41) is 5.66. The van der Waals surface area contributed by atoms with Gasteiger partial charge in [-0.25, -0.2) is 23.1 Å². The first-order valence-corrected chi connectivity index (χ1v) is 12.2. The highest BCUT2D eigenvalue weighted by Crippen LogP contribution is 2.24. The second kappa shape index (κ2) is 9.48. The molecule has 2 aromatic heterocycles. The van der Waals surface area contributed by atoms with Gasteiger partial charge in [0.15, 0.2) is 5.82 Å². The zero-order valence-electron chi connectivity index (χ0n) is 19.4. The minimum Gasteiger partial charge on any atom is -0.439 e. The number of hydrogen-bond acceptors (Lipinski definition) is 6. The molecule has 0 aliphatic heterocycles. The van der Waals surface area contributed by atoms with Gasteiger partial charge in [-0.15, -0.1) is 0 Å². The number of hydrogen-bond donors (Lipinski definition) is 1. The number of aryl methyl sites for hydroxylation is 2. The van der Waals surface area contributed by atoms with E-state index in [0.29, 0.717) is 23.1 Å². The van der Waals surface area contributed by atoms with E-state index in [1.165, 1.54) is 6.33 Å². The van der Waals surface area contributed by atoms with E-state index in [1.807, 2.05) is 52.0 Å². The molecule has 0 aliphatic carbocycles. The highest BCUT2D eigenvalue weighted by Gasteiger charge is 2.12. The Kier molecular flexibility index (Phi) is 6.47. The fourth-order valence-electron chi connectivity index (χ4n) is 3.20. The molecular formula is C25H25N5O3S. The van der Waals surface area contributed by atoms with E-state index in [9.17, 15) is 8.42 Å². The lowest BCUT2D eigenvalue weighted by atomic mass is 10.2. The van der Waals surface area contributed by atoms with Crippen LogP contribution in [0.15, 0.2) is 66.3 Å². The number of ether oxygens (including phenoxy) is 1. The number of aromatic nitrogens is 4. The van der Waals surface area contributed by atoms with Crippen molar-refractivity contribution < 1.29 is 13.2 Å². The van der Waals surface area contributed by atoms with Crippen molar-refractivity contribution in [1.29, 1.82) is 0 Å². The molecule has 0 atom stereocenters. The van der Waals surface area contributed by atoms with Crippen LogP contribution in [-0.4, -0.2) is 28.2 Å². The van der Waals surface area contributed by atoms with Crippen LogP contribution in [0.5, 0.6) is 11.6 Å². The molecule has 9 heteroatoms. The average molecular weight is 476 g/mol. The number of nitrogens with one attached hydrogen (secondary N) is 1. The topological polar surface area (TPSA) is 99.0 Å². The van der Waals surface area contributed by atoms with E-state index in [4.69, 9.17) is 4.74 Å². The van der Waals surface area contributed by atoms with E-state index in [-0.39, 0.29) is 0 Å². The van der Waals surface area contributed by atoms with E-state index < -0.39 is 10.0 Å². The van der Waals surface area contributed by atoms with Gasteiger partial charge in [0.1, 0.15) is 12.1 Å². The summed E-state index contributed by atoms with van der Waals surface area (Å²) >= 11 is 0. The zero-order chi connectivity index (χ0) is 24.3. The van der Waals surface area contributed by atoms with E-state index in [2.05, 4.69) is 19.8 Å². The van der Waals surface area contributed by atoms with Crippen LogP contribution in [0.25, 0.3) is 11.9 Å². The van der Waals surface area contributed by atoms with Crippen LogP contribution >= 0.6 is 0 Å². The lowest BCUT2D eigenvalue weighted by Crippen LogP contribution is -2.08. The fraction of sp³-hybridized carbons (Fsp3) is 0.160. The van der Waals surface area contributed by atoms with Crippen LogP contribution in [0.3, 0.4) is 0 Å². The molecule has 0 radical (unpaired) electrons. The van der Waals surface area contributed by atoms with Gasteiger partial charge >= 0.3 is 0 Å². The maximum absolute atomic E-state index is 12.4. The molecule has 0 saturated heterocycles. The summed E-state index contributed by atoms with van der Waals surface area (Å²) in [5.41, 5.74) is 5.37. The van der Waals surface area contributed by atoms with Crippen molar-refractivity contribution in [3.05, 3.63) is 94.4 Å². The zero-order valence-corrected chi connectivity index (χ0v) is 20.2. The SMILES string of the molecule is Cc1ccc(/C=C/S(=O)(=O)Nc2ccc(Oc3cc(-n4nc(C)c(C)c4C)ncn3)cc2)cc1. The van der Waals surface area contributed by atoms with Crippen molar-refractivity contribution in [3.8, 4) is 17.4 Å². The predicted molar refractivity (Wildman–Crippen MR) is 133 cm³/mol. The number of rotatable bonds is 7. The Balaban J connectivity index is 1.44. The molecular weight excluding hydrogens is 450 g/mol. The smallest absolute Gasteiger partial charge is 0.255 e. The Bertz CT molecular complexity index is 1440. The van der Waals surface area contributed by atoms with Crippen LogP contribution < -0.4 is 9.46 Å². The summed E-state index contributed by atoms with van der Waals surface area (Å²) in [6, 6.07) is 15.9. The van der Waals surface area contributed by atoms with Gasteiger partial charge in [-0.3, -0.25) is 4.72 Å². The molecule has 0 spiro atoms. The maximum Gasteiger partial charge on any atom is 0.255 e. The van der Waals surface area contributed by atoms with Crippen LogP contribution in [0.4, 0.5) is 5.69 Å². The number of anilines is 1. The van der Waals surface area contributed by atoms with Gasteiger partial charge in [-0.05, 0) is 69.2 Å². The Labute approximate surface area is 199 Å². The van der Waals surface area contributed by atoms with Crippen molar-refractivity contribution in [2.45, 2.75) is 27.7 Å². The lowest BCUT2D eigenvalue weighted by Gasteiger charge is -2.09. The van der Waals surface area contributed by atoms with Crippen molar-refractivity contribution in [1.82, 2.24) is 19.7 Å². The summed E-state index contributed by atoms with van der Waals surface area (Å²) in [6.07, 6.45) is 2.97. The first-order chi connectivity index (χ1) is 16.2. The van der Waals surface area contributed by atoms with Crippen molar-refractivity contribution in [2.75, 3.05) is 4.72 Å². The maximum atomic E-state index is 12.4. The highest BCUT2D eigenvalue weighted by molar-refractivity contribution is 7.95. The Morgan fingerprint density at radius 3 is 2.29 bits per heavy atom. The molecule has 0 amide bonds. The largest absolute Gasteiger partial charge is 0.439 e. The van der Waals surface area contributed by atoms with Gasteiger partial charge in [0.2, 0.25) is 5.88 Å². The van der Waals surface area contributed by atoms with Gasteiger partial charge in [0, 0.05) is 17.4 Å². The van der Waals surface area contributed by atoms with E-state index in [1.54, 1.807) is 41.1 Å². The van der Waals surface area contributed by atoms with E-state index in [0.717, 1.165) is 33.5 Å². The number of nitrogens with zero attached hydrogens (tertiary/aromatic N) is 4. The number of sulfonamides is 1. The molecule has 8 nitrogen and oxygen atoms in total. The Morgan fingerprint density at radius 1 is 0.941 bits per heavy atom. The van der Waals surface area contributed by atoms with Crippen LogP contribution in [-0.2, 0) is 10.0 Å². The molecule has 0 aliphatic rings. The third kappa shape index (κ3) is 5.49. The Morgan fingerprint density at radius 2 is 1.65 bits per heavy atom. The molecule has 4 rings (SSSR count). The molecule has 34 heavy (non-hydrogen) atoms.